The number of aliphatic hydroxyl groups is 1. The number of aromatic amines is 1. The number of nitrogens with one attached hydrogen (secondary N) is 1. The van der Waals surface area contributed by atoms with Gasteiger partial charge in [0.2, 0.25) is 0 Å². The molecule has 5 rings (SSSR count). The summed E-state index contributed by atoms with van der Waals surface area (Å²) in [5.74, 6) is 0.138. The summed E-state index contributed by atoms with van der Waals surface area (Å²) in [4.78, 5) is 31.1. The van der Waals surface area contributed by atoms with Crippen molar-refractivity contribution in [2.45, 2.75) is 12.5 Å². The van der Waals surface area contributed by atoms with Gasteiger partial charge in [0.15, 0.2) is 11.5 Å². The topological polar surface area (TPSA) is 114 Å². The fourth-order valence-corrected chi connectivity index (χ4v) is 4.72. The lowest BCUT2D eigenvalue weighted by Gasteiger charge is -2.23. The lowest BCUT2D eigenvalue weighted by molar-refractivity contribution is -0.140. The van der Waals surface area contributed by atoms with Crippen LogP contribution in [0.2, 0.25) is 0 Å². The molecule has 0 aliphatic carbocycles. The maximum Gasteiger partial charge on any atom is 0.295 e. The molecule has 1 amide bonds. The summed E-state index contributed by atoms with van der Waals surface area (Å²) in [6.07, 6.45) is 3.82. The molecule has 4 aromatic rings. The number of aliphatic hydroxyl groups excluding tert-OH is 1. The molecule has 9 heteroatoms. The monoisotopic (exact) mass is 502 g/mol. The first-order chi connectivity index (χ1) is 18.0. The van der Waals surface area contributed by atoms with Gasteiger partial charge in [-0.25, -0.2) is 0 Å². The van der Waals surface area contributed by atoms with Gasteiger partial charge in [0.05, 0.1) is 33.2 Å². The van der Waals surface area contributed by atoms with Crippen molar-refractivity contribution in [2.75, 3.05) is 27.9 Å². The fraction of sp³-hybridized carbons (Fsp3) is 0.214. The van der Waals surface area contributed by atoms with Crippen LogP contribution in [0, 0.1) is 0 Å². The molecule has 2 aromatic heterocycles. The number of likely N-dealkylation sites (tertiary alicyclic amines) is 1. The molecule has 1 aliphatic heterocycles. The van der Waals surface area contributed by atoms with Gasteiger partial charge in [-0.1, -0.05) is 0 Å². The third-order valence-electron chi connectivity index (χ3n) is 6.61. The standard InChI is InChI=1S/C28H26N2O7/c1-34-18-7-8-20-19(14-18)17(15-29-20)10-11-30-25(22-5-4-12-37-22)24(27(32)28(30)33)26(31)16-6-9-21(35-2)23(13-16)36-3/h4-9,12-15,25,29,31H,10-11H2,1-3H3/t25-/m0/s1. The van der Waals surface area contributed by atoms with E-state index in [-0.39, 0.29) is 17.9 Å². The van der Waals surface area contributed by atoms with E-state index in [4.69, 9.17) is 18.6 Å². The number of nitrogens with zero attached hydrogens (tertiary/aromatic N) is 1. The predicted molar refractivity (Wildman–Crippen MR) is 136 cm³/mol. The molecular weight excluding hydrogens is 476 g/mol. The SMILES string of the molecule is COc1ccc2[nH]cc(CCN3C(=O)C(=O)C(=C(O)c4ccc(OC)c(OC)c4)[C@@H]3c3ccco3)c2c1. The Bertz CT molecular complexity index is 1500. The number of carbonyl (C=O) groups excluding carboxylic acids is 2. The number of amides is 1. The summed E-state index contributed by atoms with van der Waals surface area (Å²) in [6.45, 7) is 0.225. The van der Waals surface area contributed by atoms with E-state index in [1.165, 1.54) is 25.4 Å². The second-order valence-electron chi connectivity index (χ2n) is 8.55. The smallest absolute Gasteiger partial charge is 0.295 e. The van der Waals surface area contributed by atoms with Gasteiger partial charge in [0, 0.05) is 29.2 Å². The number of rotatable bonds is 8. The molecular formula is C28H26N2O7. The van der Waals surface area contributed by atoms with Crippen molar-refractivity contribution in [2.24, 2.45) is 0 Å². The summed E-state index contributed by atoms with van der Waals surface area (Å²) < 4.78 is 21.6. The van der Waals surface area contributed by atoms with Crippen LogP contribution in [0.5, 0.6) is 17.2 Å². The largest absolute Gasteiger partial charge is 0.507 e. The van der Waals surface area contributed by atoms with Crippen LogP contribution in [-0.4, -0.2) is 54.6 Å². The molecule has 9 nitrogen and oxygen atoms in total. The van der Waals surface area contributed by atoms with Crippen molar-refractivity contribution in [3.05, 3.63) is 83.5 Å². The zero-order valence-electron chi connectivity index (χ0n) is 20.6. The van der Waals surface area contributed by atoms with Gasteiger partial charge in [-0.3, -0.25) is 9.59 Å². The average Bonchev–Trinajstić information content (AvgIpc) is 3.65. The highest BCUT2D eigenvalue weighted by molar-refractivity contribution is 6.46. The van der Waals surface area contributed by atoms with Crippen molar-refractivity contribution >= 4 is 28.4 Å². The number of ketones is 1. The third-order valence-corrected chi connectivity index (χ3v) is 6.61. The van der Waals surface area contributed by atoms with E-state index in [0.717, 1.165) is 22.2 Å². The van der Waals surface area contributed by atoms with Crippen molar-refractivity contribution in [1.29, 1.82) is 0 Å². The van der Waals surface area contributed by atoms with Crippen LogP contribution in [0.3, 0.4) is 0 Å². The van der Waals surface area contributed by atoms with Crippen molar-refractivity contribution in [3.63, 3.8) is 0 Å². The van der Waals surface area contributed by atoms with Gasteiger partial charge in [-0.15, -0.1) is 0 Å². The van der Waals surface area contributed by atoms with Gasteiger partial charge < -0.3 is 33.6 Å². The number of benzene rings is 2. The molecule has 0 unspecified atom stereocenters. The molecule has 2 aromatic carbocycles. The van der Waals surface area contributed by atoms with Crippen LogP contribution < -0.4 is 14.2 Å². The Morgan fingerprint density at radius 3 is 2.54 bits per heavy atom. The van der Waals surface area contributed by atoms with Gasteiger partial charge in [-0.2, -0.15) is 0 Å². The second-order valence-corrected chi connectivity index (χ2v) is 8.55. The predicted octanol–water partition coefficient (Wildman–Crippen LogP) is 4.45. The summed E-state index contributed by atoms with van der Waals surface area (Å²) in [5, 5.41) is 12.2. The third kappa shape index (κ3) is 4.18. The molecule has 190 valence electrons. The van der Waals surface area contributed by atoms with E-state index in [2.05, 4.69) is 4.98 Å². The van der Waals surface area contributed by atoms with Crippen LogP contribution in [0.4, 0.5) is 0 Å². The molecule has 37 heavy (non-hydrogen) atoms. The number of Topliss-reactive ketones (excluding diaryl/α,β-unsaturated/α-hetero) is 1. The van der Waals surface area contributed by atoms with E-state index >= 15 is 0 Å². The number of carbonyl (C=O) groups is 2. The van der Waals surface area contributed by atoms with Crippen molar-refractivity contribution in [3.8, 4) is 17.2 Å². The summed E-state index contributed by atoms with van der Waals surface area (Å²) in [6, 6.07) is 13.0. The fourth-order valence-electron chi connectivity index (χ4n) is 4.72. The van der Waals surface area contributed by atoms with Crippen LogP contribution in [0.15, 0.2) is 71.0 Å². The molecule has 1 atom stereocenters. The lowest BCUT2D eigenvalue weighted by atomic mass is 9.99. The quantitative estimate of drug-likeness (QED) is 0.208. The normalized spacial score (nSPS) is 16.9. The van der Waals surface area contributed by atoms with Gasteiger partial charge in [0.1, 0.15) is 23.3 Å². The molecule has 1 aliphatic rings. The summed E-state index contributed by atoms with van der Waals surface area (Å²) in [5.41, 5.74) is 2.17. The Labute approximate surface area is 212 Å². The van der Waals surface area contributed by atoms with Crippen LogP contribution in [0.25, 0.3) is 16.7 Å². The number of ether oxygens (including phenoxy) is 3. The van der Waals surface area contributed by atoms with Crippen LogP contribution >= 0.6 is 0 Å². The molecule has 3 heterocycles. The molecule has 1 fully saturated rings. The first kappa shape index (κ1) is 24.1. The van der Waals surface area contributed by atoms with Crippen molar-refractivity contribution < 1.29 is 33.3 Å². The molecule has 0 saturated carbocycles. The Morgan fingerprint density at radius 2 is 1.84 bits per heavy atom. The Kier molecular flexibility index (Phi) is 6.35. The molecule has 0 radical (unpaired) electrons. The lowest BCUT2D eigenvalue weighted by Crippen LogP contribution is -2.31. The summed E-state index contributed by atoms with van der Waals surface area (Å²) in [7, 11) is 4.59. The van der Waals surface area contributed by atoms with Gasteiger partial charge in [-0.05, 0) is 60.5 Å². The number of furan rings is 1. The summed E-state index contributed by atoms with van der Waals surface area (Å²) >= 11 is 0. The highest BCUT2D eigenvalue weighted by Gasteiger charge is 2.47. The highest BCUT2D eigenvalue weighted by Crippen LogP contribution is 2.41. The zero-order chi connectivity index (χ0) is 26.1. The Morgan fingerprint density at radius 1 is 1.03 bits per heavy atom. The maximum atomic E-state index is 13.2. The number of H-pyrrole nitrogens is 1. The number of fused-ring (bicyclic) bond motifs is 1. The maximum absolute atomic E-state index is 13.2. The van der Waals surface area contributed by atoms with E-state index < -0.39 is 17.7 Å². The molecule has 0 bridgehead atoms. The van der Waals surface area contributed by atoms with Gasteiger partial charge >= 0.3 is 0 Å². The van der Waals surface area contributed by atoms with Gasteiger partial charge in [0.25, 0.3) is 11.7 Å². The van der Waals surface area contributed by atoms with E-state index in [9.17, 15) is 14.7 Å². The minimum Gasteiger partial charge on any atom is -0.507 e. The molecule has 0 spiro atoms. The first-order valence-electron chi connectivity index (χ1n) is 11.6. The van der Waals surface area contributed by atoms with Crippen LogP contribution in [-0.2, 0) is 16.0 Å². The van der Waals surface area contributed by atoms with E-state index in [0.29, 0.717) is 29.2 Å². The average molecular weight is 503 g/mol. The number of methoxy groups -OCH3 is 3. The van der Waals surface area contributed by atoms with E-state index in [1.807, 2.05) is 24.4 Å². The number of aromatic nitrogens is 1. The zero-order valence-corrected chi connectivity index (χ0v) is 20.6. The minimum absolute atomic E-state index is 0.0484. The molecule has 2 N–H and O–H groups in total. The number of hydrogen-bond donors (Lipinski definition) is 2. The van der Waals surface area contributed by atoms with E-state index in [1.54, 1.807) is 37.4 Å². The highest BCUT2D eigenvalue weighted by atomic mass is 16.5. The molecule has 1 saturated heterocycles. The second kappa shape index (κ2) is 9.77. The minimum atomic E-state index is -0.886. The van der Waals surface area contributed by atoms with Crippen molar-refractivity contribution in [1.82, 2.24) is 9.88 Å². The Hall–Kier alpha value is -4.66. The van der Waals surface area contributed by atoms with Crippen LogP contribution in [0.1, 0.15) is 22.9 Å². The first-order valence-corrected chi connectivity index (χ1v) is 11.6. The number of hydrogen-bond acceptors (Lipinski definition) is 7. The Balaban J connectivity index is 1.53.